The van der Waals surface area contributed by atoms with Crippen LogP contribution in [0.3, 0.4) is 0 Å². The van der Waals surface area contributed by atoms with Crippen molar-refractivity contribution in [3.8, 4) is 11.5 Å². The van der Waals surface area contributed by atoms with E-state index in [0.29, 0.717) is 23.0 Å². The van der Waals surface area contributed by atoms with Crippen LogP contribution in [0.4, 0.5) is 0 Å². The molecular weight excluding hydrogens is 435 g/mol. The molecule has 2 aromatic rings. The van der Waals surface area contributed by atoms with Gasteiger partial charge in [0.2, 0.25) is 5.91 Å². The number of benzene rings is 2. The molecule has 168 valence electrons. The van der Waals surface area contributed by atoms with Crippen LogP contribution in [0, 0.1) is 0 Å². The summed E-state index contributed by atoms with van der Waals surface area (Å²) in [5.74, 6) is 1.49. The standard InChI is InChI=1S/C24H30Cl2N2O3/c1-28(15-12-19-9-11-22(30-2)23(17-19)31-3)14-5-13-27-24(29)7-4-6-18-8-10-20(25)21(26)16-18/h4,6,8-11,16-17H,5,7,12-15H2,1-3H3,(H,27,29)/b6-4+. The molecule has 7 heteroatoms. The second-order valence-corrected chi connectivity index (χ2v) is 8.04. The van der Waals surface area contributed by atoms with Gasteiger partial charge in [0.25, 0.3) is 0 Å². The van der Waals surface area contributed by atoms with E-state index in [1.807, 2.05) is 30.4 Å². The minimum atomic E-state index is 0.00397. The number of carbonyl (C=O) groups is 1. The van der Waals surface area contributed by atoms with Crippen molar-refractivity contribution in [1.29, 1.82) is 0 Å². The minimum Gasteiger partial charge on any atom is -0.493 e. The summed E-state index contributed by atoms with van der Waals surface area (Å²) in [6.45, 7) is 2.49. The molecule has 0 atom stereocenters. The summed E-state index contributed by atoms with van der Waals surface area (Å²) in [5.41, 5.74) is 2.12. The molecule has 0 aliphatic heterocycles. The van der Waals surface area contributed by atoms with Gasteiger partial charge in [0.15, 0.2) is 11.5 Å². The van der Waals surface area contributed by atoms with Gasteiger partial charge in [-0.1, -0.05) is 47.5 Å². The average molecular weight is 465 g/mol. The molecule has 0 fully saturated rings. The van der Waals surface area contributed by atoms with E-state index in [0.717, 1.165) is 43.0 Å². The number of ether oxygens (including phenoxy) is 2. The molecule has 2 aromatic carbocycles. The zero-order chi connectivity index (χ0) is 22.6. The summed E-state index contributed by atoms with van der Waals surface area (Å²) in [4.78, 5) is 14.2. The van der Waals surface area contributed by atoms with Crippen molar-refractivity contribution < 1.29 is 14.3 Å². The number of halogens is 2. The lowest BCUT2D eigenvalue weighted by Gasteiger charge is -2.17. The van der Waals surface area contributed by atoms with Crippen LogP contribution in [-0.2, 0) is 11.2 Å². The largest absolute Gasteiger partial charge is 0.493 e. The first-order valence-electron chi connectivity index (χ1n) is 10.2. The third kappa shape index (κ3) is 8.82. The Morgan fingerprint density at radius 1 is 1.03 bits per heavy atom. The molecule has 0 saturated carbocycles. The number of carbonyl (C=O) groups excluding carboxylic acids is 1. The topological polar surface area (TPSA) is 50.8 Å². The number of methoxy groups -OCH3 is 2. The molecule has 0 unspecified atom stereocenters. The van der Waals surface area contributed by atoms with E-state index < -0.39 is 0 Å². The summed E-state index contributed by atoms with van der Waals surface area (Å²) in [7, 11) is 5.36. The van der Waals surface area contributed by atoms with Gasteiger partial charge >= 0.3 is 0 Å². The number of nitrogens with one attached hydrogen (secondary N) is 1. The highest BCUT2D eigenvalue weighted by Crippen LogP contribution is 2.27. The van der Waals surface area contributed by atoms with Gasteiger partial charge in [-0.25, -0.2) is 0 Å². The summed E-state index contributed by atoms with van der Waals surface area (Å²) >= 11 is 11.9. The predicted molar refractivity (Wildman–Crippen MR) is 128 cm³/mol. The van der Waals surface area contributed by atoms with Gasteiger partial charge < -0.3 is 19.7 Å². The van der Waals surface area contributed by atoms with Gasteiger partial charge in [-0.15, -0.1) is 0 Å². The zero-order valence-corrected chi connectivity index (χ0v) is 19.8. The van der Waals surface area contributed by atoms with Gasteiger partial charge in [0, 0.05) is 19.5 Å². The maximum atomic E-state index is 12.0. The van der Waals surface area contributed by atoms with Crippen molar-refractivity contribution in [2.45, 2.75) is 19.3 Å². The quantitative estimate of drug-likeness (QED) is 0.444. The van der Waals surface area contributed by atoms with Crippen LogP contribution in [-0.4, -0.2) is 51.7 Å². The molecule has 1 N–H and O–H groups in total. The highest BCUT2D eigenvalue weighted by Gasteiger charge is 2.06. The highest BCUT2D eigenvalue weighted by molar-refractivity contribution is 6.42. The third-order valence-electron chi connectivity index (χ3n) is 4.83. The molecular formula is C24H30Cl2N2O3. The molecule has 31 heavy (non-hydrogen) atoms. The number of rotatable bonds is 12. The molecule has 0 bridgehead atoms. The SMILES string of the molecule is COc1ccc(CCN(C)CCCNC(=O)C/C=C/c2ccc(Cl)c(Cl)c2)cc1OC. The van der Waals surface area contributed by atoms with E-state index in [2.05, 4.69) is 23.3 Å². The van der Waals surface area contributed by atoms with E-state index in [-0.39, 0.29) is 5.91 Å². The van der Waals surface area contributed by atoms with Crippen molar-refractivity contribution in [2.75, 3.05) is 40.9 Å². The van der Waals surface area contributed by atoms with E-state index >= 15 is 0 Å². The Morgan fingerprint density at radius 3 is 2.52 bits per heavy atom. The van der Waals surface area contributed by atoms with E-state index in [4.69, 9.17) is 32.7 Å². The van der Waals surface area contributed by atoms with Crippen molar-refractivity contribution in [1.82, 2.24) is 10.2 Å². The molecule has 0 spiro atoms. The molecule has 0 aromatic heterocycles. The molecule has 0 aliphatic rings. The third-order valence-corrected chi connectivity index (χ3v) is 5.57. The van der Waals surface area contributed by atoms with Gasteiger partial charge in [-0.3, -0.25) is 4.79 Å². The van der Waals surface area contributed by atoms with Crippen LogP contribution < -0.4 is 14.8 Å². The fourth-order valence-corrected chi connectivity index (χ4v) is 3.34. The van der Waals surface area contributed by atoms with E-state index in [1.165, 1.54) is 5.56 Å². The molecule has 2 rings (SSSR count). The zero-order valence-electron chi connectivity index (χ0n) is 18.3. The lowest BCUT2D eigenvalue weighted by molar-refractivity contribution is -0.120. The monoisotopic (exact) mass is 464 g/mol. The van der Waals surface area contributed by atoms with Gasteiger partial charge in [0.05, 0.1) is 24.3 Å². The highest BCUT2D eigenvalue weighted by atomic mass is 35.5. The Labute approximate surface area is 194 Å². The van der Waals surface area contributed by atoms with Gasteiger partial charge in [0.1, 0.15) is 0 Å². The van der Waals surface area contributed by atoms with Crippen LogP contribution in [0.2, 0.25) is 10.0 Å². The number of nitrogens with zero attached hydrogens (tertiary/aromatic N) is 1. The average Bonchev–Trinajstić information content (AvgIpc) is 2.77. The maximum absolute atomic E-state index is 12.0. The van der Waals surface area contributed by atoms with Crippen molar-refractivity contribution in [3.05, 3.63) is 63.6 Å². The first kappa shape index (κ1) is 25.1. The van der Waals surface area contributed by atoms with Crippen LogP contribution in [0.5, 0.6) is 11.5 Å². The molecule has 0 heterocycles. The summed E-state index contributed by atoms with van der Waals surface area (Å²) in [6.07, 6.45) is 5.83. The number of hydrogen-bond donors (Lipinski definition) is 1. The Hall–Kier alpha value is -2.21. The molecule has 5 nitrogen and oxygen atoms in total. The molecule has 0 aliphatic carbocycles. The number of amides is 1. The van der Waals surface area contributed by atoms with E-state index in [9.17, 15) is 4.79 Å². The Kier molecular flexibility index (Phi) is 10.7. The lowest BCUT2D eigenvalue weighted by atomic mass is 10.1. The first-order valence-corrected chi connectivity index (χ1v) is 11.0. The second-order valence-electron chi connectivity index (χ2n) is 7.23. The van der Waals surface area contributed by atoms with Crippen LogP contribution in [0.25, 0.3) is 6.08 Å². The molecule has 1 amide bonds. The second kappa shape index (κ2) is 13.3. The Bertz CT molecular complexity index is 887. The van der Waals surface area contributed by atoms with Crippen molar-refractivity contribution >= 4 is 35.2 Å². The Morgan fingerprint density at radius 2 is 1.81 bits per heavy atom. The number of likely N-dealkylation sites (N-methyl/N-ethyl adjacent to an activating group) is 1. The van der Waals surface area contributed by atoms with Crippen molar-refractivity contribution in [2.24, 2.45) is 0 Å². The smallest absolute Gasteiger partial charge is 0.223 e. The predicted octanol–water partition coefficient (Wildman–Crippen LogP) is 5.09. The maximum Gasteiger partial charge on any atom is 0.223 e. The summed E-state index contributed by atoms with van der Waals surface area (Å²) in [6, 6.07) is 11.4. The van der Waals surface area contributed by atoms with Crippen LogP contribution in [0.15, 0.2) is 42.5 Å². The van der Waals surface area contributed by atoms with Crippen LogP contribution >= 0.6 is 23.2 Å². The van der Waals surface area contributed by atoms with Gasteiger partial charge in [-0.05, 0) is 61.8 Å². The van der Waals surface area contributed by atoms with Gasteiger partial charge in [-0.2, -0.15) is 0 Å². The first-order chi connectivity index (χ1) is 14.9. The van der Waals surface area contributed by atoms with Crippen LogP contribution in [0.1, 0.15) is 24.0 Å². The summed E-state index contributed by atoms with van der Waals surface area (Å²) < 4.78 is 10.6. The Balaban J connectivity index is 1.62. The minimum absolute atomic E-state index is 0.00397. The number of hydrogen-bond acceptors (Lipinski definition) is 4. The normalized spacial score (nSPS) is 11.2. The lowest BCUT2D eigenvalue weighted by Crippen LogP contribution is -2.28. The molecule has 0 radical (unpaired) electrons. The van der Waals surface area contributed by atoms with Crippen molar-refractivity contribution in [3.63, 3.8) is 0 Å². The molecule has 0 saturated heterocycles. The van der Waals surface area contributed by atoms with E-state index in [1.54, 1.807) is 26.4 Å². The fraction of sp³-hybridized carbons (Fsp3) is 0.375. The summed E-state index contributed by atoms with van der Waals surface area (Å²) in [5, 5.41) is 3.97. The fourth-order valence-electron chi connectivity index (χ4n) is 3.03.